The molecular weight excluding hydrogens is 572 g/mol. The first-order valence-electron chi connectivity index (χ1n) is 18.7. The molecule has 0 saturated carbocycles. The lowest BCUT2D eigenvalue weighted by molar-refractivity contribution is -0.305. The van der Waals surface area contributed by atoms with Crippen LogP contribution in [0.4, 0.5) is 4.79 Å². The summed E-state index contributed by atoms with van der Waals surface area (Å²) in [6, 6.07) is 0. The van der Waals surface area contributed by atoms with Gasteiger partial charge in [-0.3, -0.25) is 0 Å². The molecule has 1 rings (SSSR count). The van der Waals surface area contributed by atoms with E-state index in [1.807, 2.05) is 6.92 Å². The zero-order valence-corrected chi connectivity index (χ0v) is 29.0. The molecule has 8 nitrogen and oxygen atoms in total. The highest BCUT2D eigenvalue weighted by Gasteiger charge is 2.50. The minimum atomic E-state index is -0.988. The van der Waals surface area contributed by atoms with Crippen molar-refractivity contribution < 1.29 is 39.7 Å². The summed E-state index contributed by atoms with van der Waals surface area (Å²) in [7, 11) is 0. The predicted molar refractivity (Wildman–Crippen MR) is 181 cm³/mol. The molecule has 0 radical (unpaired) electrons. The summed E-state index contributed by atoms with van der Waals surface area (Å²) in [5.41, 5.74) is 0. The van der Waals surface area contributed by atoms with Gasteiger partial charge < -0.3 is 33.5 Å². The third-order valence-corrected chi connectivity index (χ3v) is 8.15. The van der Waals surface area contributed by atoms with E-state index in [1.54, 1.807) is 6.08 Å². The molecule has 0 bridgehead atoms. The fourth-order valence-corrected chi connectivity index (χ4v) is 5.57. The van der Waals surface area contributed by atoms with Crippen LogP contribution in [0.2, 0.25) is 0 Å². The number of carbonyl (C=O) groups is 1. The normalized spacial score (nSPS) is 22.7. The van der Waals surface area contributed by atoms with Crippen molar-refractivity contribution in [1.82, 2.24) is 0 Å². The van der Waals surface area contributed by atoms with Crippen LogP contribution in [0.15, 0.2) is 25.0 Å². The number of allylic oxidation sites excluding steroid dienone is 1. The Hall–Kier alpha value is -1.61. The molecule has 0 spiro atoms. The Morgan fingerprint density at radius 3 is 1.84 bits per heavy atom. The van der Waals surface area contributed by atoms with Crippen molar-refractivity contribution in [3.8, 4) is 0 Å². The summed E-state index contributed by atoms with van der Waals surface area (Å²) in [6.45, 7) is 10.0. The molecule has 264 valence electrons. The predicted octanol–water partition coefficient (Wildman–Crippen LogP) is 9.57. The summed E-state index contributed by atoms with van der Waals surface area (Å²) in [5.74, 6) is 0. The second kappa shape index (κ2) is 29.8. The van der Waals surface area contributed by atoms with Crippen molar-refractivity contribution in [2.75, 3.05) is 26.4 Å². The number of hydrogen-bond donors (Lipinski definition) is 1. The first-order chi connectivity index (χ1) is 22.5. The molecule has 2 unspecified atom stereocenters. The maximum absolute atomic E-state index is 12.5. The third-order valence-electron chi connectivity index (χ3n) is 8.15. The van der Waals surface area contributed by atoms with Gasteiger partial charge in [-0.25, -0.2) is 4.79 Å². The topological polar surface area (TPSA) is 92.7 Å². The van der Waals surface area contributed by atoms with Crippen molar-refractivity contribution >= 4 is 6.16 Å². The molecule has 6 atom stereocenters. The summed E-state index contributed by atoms with van der Waals surface area (Å²) in [5, 5.41) is 10.2. The third kappa shape index (κ3) is 20.3. The van der Waals surface area contributed by atoms with Gasteiger partial charge in [0.25, 0.3) is 0 Å². The number of carbonyl (C=O) groups excluding carboxylic acids is 1. The Bertz CT molecular complexity index is 751. The first kappa shape index (κ1) is 39.6. The van der Waals surface area contributed by atoms with Crippen molar-refractivity contribution in [2.45, 2.75) is 180 Å². The first-order valence-corrected chi connectivity index (χ1v) is 18.1. The molecule has 0 aliphatic carbocycles. The summed E-state index contributed by atoms with van der Waals surface area (Å²) in [4.78, 5) is 12.5. The van der Waals surface area contributed by atoms with E-state index in [-0.39, 0.29) is 13.2 Å². The molecule has 0 aromatic heterocycles. The van der Waals surface area contributed by atoms with Gasteiger partial charge in [-0.05, 0) is 19.7 Å². The fourth-order valence-electron chi connectivity index (χ4n) is 5.57. The Morgan fingerprint density at radius 2 is 1.31 bits per heavy atom. The van der Waals surface area contributed by atoms with Crippen LogP contribution >= 0.6 is 0 Å². The van der Waals surface area contributed by atoms with Gasteiger partial charge in [0.1, 0.15) is 24.9 Å². The average molecular weight is 642 g/mol. The number of aliphatic hydroxyl groups excluding tert-OH is 1. The van der Waals surface area contributed by atoms with Crippen LogP contribution in [-0.4, -0.2) is 68.4 Å². The van der Waals surface area contributed by atoms with Crippen LogP contribution in [-0.2, 0) is 28.4 Å². The molecule has 1 aliphatic heterocycles. The monoisotopic (exact) mass is 641 g/mol. The van der Waals surface area contributed by atoms with E-state index >= 15 is 0 Å². The van der Waals surface area contributed by atoms with Crippen molar-refractivity contribution in [3.63, 3.8) is 0 Å². The maximum atomic E-state index is 12.5. The fraction of sp³-hybridized carbons (Fsp3) is 0.865. The quantitative estimate of drug-likeness (QED) is 0.0359. The zero-order valence-electron chi connectivity index (χ0n) is 30.0. The van der Waals surface area contributed by atoms with Crippen LogP contribution in [0.3, 0.4) is 0 Å². The van der Waals surface area contributed by atoms with Gasteiger partial charge in [-0.2, -0.15) is 0 Å². The minimum absolute atomic E-state index is 0.00752. The SMILES string of the molecule is [2H]C(CCCCCCCCCCCC)CO[C@H]1C(O/C=C/C)O[C@H](CO)[C@@H](OC(=O)OCC=C)[C@@H]1OCCCCCCCCCC. The second-order valence-electron chi connectivity index (χ2n) is 12.1. The highest BCUT2D eigenvalue weighted by atomic mass is 16.8. The Kier molecular flexibility index (Phi) is 26.2. The molecule has 0 aromatic rings. The molecule has 0 amide bonds. The summed E-state index contributed by atoms with van der Waals surface area (Å²) < 4.78 is 43.9. The van der Waals surface area contributed by atoms with Gasteiger partial charge in [0.15, 0.2) is 6.10 Å². The minimum Gasteiger partial charge on any atom is -0.470 e. The van der Waals surface area contributed by atoms with Crippen LogP contribution in [0, 0.1) is 0 Å². The number of rotatable bonds is 30. The van der Waals surface area contributed by atoms with Crippen LogP contribution in [0.5, 0.6) is 0 Å². The van der Waals surface area contributed by atoms with E-state index in [1.165, 1.54) is 95.8 Å². The second-order valence-corrected chi connectivity index (χ2v) is 12.1. The van der Waals surface area contributed by atoms with Gasteiger partial charge >= 0.3 is 6.16 Å². The van der Waals surface area contributed by atoms with E-state index in [4.69, 9.17) is 29.8 Å². The lowest BCUT2D eigenvalue weighted by atomic mass is 9.98. The van der Waals surface area contributed by atoms with Crippen LogP contribution < -0.4 is 0 Å². The van der Waals surface area contributed by atoms with E-state index in [0.717, 1.165) is 38.5 Å². The summed E-state index contributed by atoms with van der Waals surface area (Å²) >= 11 is 0. The molecule has 1 heterocycles. The largest absolute Gasteiger partial charge is 0.509 e. The van der Waals surface area contributed by atoms with E-state index in [2.05, 4.69) is 20.4 Å². The average Bonchev–Trinajstić information content (AvgIpc) is 3.06. The summed E-state index contributed by atoms with van der Waals surface area (Å²) in [6.07, 6.45) is 21.5. The lowest BCUT2D eigenvalue weighted by Gasteiger charge is -2.44. The van der Waals surface area contributed by atoms with E-state index in [0.29, 0.717) is 6.61 Å². The Morgan fingerprint density at radius 1 is 0.778 bits per heavy atom. The number of aliphatic hydroxyl groups is 1. The molecule has 1 N–H and O–H groups in total. The number of ether oxygens (including phenoxy) is 6. The van der Waals surface area contributed by atoms with Crippen LogP contribution in [0.1, 0.15) is 151 Å². The molecule has 1 fully saturated rings. The highest BCUT2D eigenvalue weighted by Crippen LogP contribution is 2.30. The number of hydrogen-bond acceptors (Lipinski definition) is 8. The van der Waals surface area contributed by atoms with Gasteiger partial charge in [0.05, 0.1) is 12.9 Å². The molecule has 0 aromatic carbocycles. The van der Waals surface area contributed by atoms with Crippen LogP contribution in [0.25, 0.3) is 0 Å². The van der Waals surface area contributed by atoms with Crippen molar-refractivity contribution in [3.05, 3.63) is 25.0 Å². The standard InChI is InChI=1S/C37H68O8/c1-5-9-11-13-15-17-18-19-20-22-24-26-30-41-35-34(40-29-25-23-21-16-14-12-10-6-2)33(45-37(39)43-28-8-4)32(31-38)44-36(35)42-27-7-3/h7-8,27,32-36,38H,4-6,9-26,28-31H2,1-3H3/b27-7+/t32-,33-,34+,35-,36?/m1/s1/i26D/t26?,32-,33-,34+,35-,36?. The lowest BCUT2D eigenvalue weighted by Crippen LogP contribution is -2.62. The smallest absolute Gasteiger partial charge is 0.470 e. The van der Waals surface area contributed by atoms with Gasteiger partial charge in [-0.1, -0.05) is 148 Å². The molecule has 1 saturated heterocycles. The van der Waals surface area contributed by atoms with E-state index in [9.17, 15) is 9.90 Å². The Labute approximate surface area is 277 Å². The van der Waals surface area contributed by atoms with Gasteiger partial charge in [-0.15, -0.1) is 0 Å². The zero-order chi connectivity index (χ0) is 33.7. The number of unbranched alkanes of at least 4 members (excludes halogenated alkanes) is 16. The molecule has 45 heavy (non-hydrogen) atoms. The molecule has 1 aliphatic rings. The maximum Gasteiger partial charge on any atom is 0.509 e. The van der Waals surface area contributed by atoms with E-state index < -0.39 is 49.9 Å². The van der Waals surface area contributed by atoms with Gasteiger partial charge in [0, 0.05) is 14.6 Å². The molecule has 8 heteroatoms. The highest BCUT2D eigenvalue weighted by molar-refractivity contribution is 5.60. The van der Waals surface area contributed by atoms with Gasteiger partial charge in [0.2, 0.25) is 6.29 Å². The van der Waals surface area contributed by atoms with Crippen molar-refractivity contribution in [2.24, 2.45) is 0 Å². The molecular formula is C37H68O8. The van der Waals surface area contributed by atoms with Crippen molar-refractivity contribution in [1.29, 1.82) is 0 Å². The Balaban J connectivity index is 2.79.